The summed E-state index contributed by atoms with van der Waals surface area (Å²) in [5, 5.41) is 18.2. The van der Waals surface area contributed by atoms with Gasteiger partial charge >= 0.3 is 0 Å². The van der Waals surface area contributed by atoms with Crippen molar-refractivity contribution in [3.8, 4) is 6.07 Å². The zero-order valence-electron chi connectivity index (χ0n) is 10.7. The van der Waals surface area contributed by atoms with Gasteiger partial charge in [-0.1, -0.05) is 5.21 Å². The second-order valence-corrected chi connectivity index (χ2v) is 5.44. The van der Waals surface area contributed by atoms with E-state index >= 15 is 0 Å². The highest BCUT2D eigenvalue weighted by Crippen LogP contribution is 2.32. The Morgan fingerprint density at radius 2 is 2.42 bits per heavy atom. The summed E-state index contributed by atoms with van der Waals surface area (Å²) in [5.41, 5.74) is 1.54. The van der Waals surface area contributed by atoms with E-state index in [1.165, 1.54) is 11.5 Å². The highest BCUT2D eigenvalue weighted by molar-refractivity contribution is 7.10. The van der Waals surface area contributed by atoms with Crippen molar-refractivity contribution in [1.82, 2.24) is 19.4 Å². The van der Waals surface area contributed by atoms with Crippen molar-refractivity contribution in [1.29, 1.82) is 5.26 Å². The molecule has 19 heavy (non-hydrogen) atoms. The smallest absolute Gasteiger partial charge is 0.130 e. The van der Waals surface area contributed by atoms with Crippen molar-refractivity contribution in [3.63, 3.8) is 0 Å². The minimum absolute atomic E-state index is 0.324. The van der Waals surface area contributed by atoms with Crippen LogP contribution in [0, 0.1) is 18.3 Å². The van der Waals surface area contributed by atoms with Crippen LogP contribution in [0.2, 0.25) is 0 Å². The minimum Gasteiger partial charge on any atom is -0.359 e. The van der Waals surface area contributed by atoms with E-state index in [4.69, 9.17) is 0 Å². The fourth-order valence-electron chi connectivity index (χ4n) is 2.47. The summed E-state index contributed by atoms with van der Waals surface area (Å²) < 4.78 is 6.20. The number of piperidine rings is 1. The Kier molecular flexibility index (Phi) is 3.17. The molecule has 1 aliphatic heterocycles. The maximum Gasteiger partial charge on any atom is 0.130 e. The lowest BCUT2D eigenvalue weighted by atomic mass is 10.1. The van der Waals surface area contributed by atoms with E-state index < -0.39 is 0 Å². The molecule has 0 saturated carbocycles. The molecule has 1 saturated heterocycles. The molecule has 1 atom stereocenters. The van der Waals surface area contributed by atoms with Crippen molar-refractivity contribution in [3.05, 3.63) is 23.7 Å². The van der Waals surface area contributed by atoms with Gasteiger partial charge in [-0.05, 0) is 31.3 Å². The van der Waals surface area contributed by atoms with Crippen molar-refractivity contribution >= 4 is 16.5 Å². The molecule has 2 aromatic rings. The van der Waals surface area contributed by atoms with E-state index in [0.717, 1.165) is 36.6 Å². The third-order valence-electron chi connectivity index (χ3n) is 3.46. The Balaban J connectivity index is 1.84. The van der Waals surface area contributed by atoms with Crippen LogP contribution in [-0.4, -0.2) is 32.5 Å². The molecule has 0 aliphatic carbocycles. The van der Waals surface area contributed by atoms with Gasteiger partial charge in [0.25, 0.3) is 0 Å². The van der Waals surface area contributed by atoms with Gasteiger partial charge in [0.2, 0.25) is 0 Å². The first kappa shape index (κ1) is 12.1. The monoisotopic (exact) mass is 274 g/mol. The van der Waals surface area contributed by atoms with Crippen LogP contribution in [0.5, 0.6) is 0 Å². The van der Waals surface area contributed by atoms with Gasteiger partial charge in [0.1, 0.15) is 16.6 Å². The van der Waals surface area contributed by atoms with Crippen molar-refractivity contribution < 1.29 is 0 Å². The number of hydrogen-bond acceptors (Lipinski definition) is 6. The van der Waals surface area contributed by atoms with Crippen LogP contribution in [0.15, 0.2) is 12.4 Å². The fraction of sp³-hybridized carbons (Fsp3) is 0.500. The summed E-state index contributed by atoms with van der Waals surface area (Å²) in [6, 6.07) is 2.59. The average molecular weight is 274 g/mol. The molecule has 0 amide bonds. The Labute approximate surface area is 115 Å². The zero-order chi connectivity index (χ0) is 13.2. The highest BCUT2D eigenvalue weighted by Gasteiger charge is 2.25. The van der Waals surface area contributed by atoms with Crippen LogP contribution in [0.25, 0.3) is 0 Å². The van der Waals surface area contributed by atoms with E-state index in [0.29, 0.717) is 11.6 Å². The molecule has 7 heteroatoms. The van der Waals surface area contributed by atoms with E-state index in [9.17, 15) is 5.26 Å². The lowest BCUT2D eigenvalue weighted by Gasteiger charge is -2.33. The van der Waals surface area contributed by atoms with Gasteiger partial charge in [-0.2, -0.15) is 9.64 Å². The minimum atomic E-state index is 0.324. The molecule has 0 aromatic carbocycles. The van der Waals surface area contributed by atoms with Gasteiger partial charge in [0.05, 0.1) is 17.9 Å². The van der Waals surface area contributed by atoms with Gasteiger partial charge in [-0.3, -0.25) is 0 Å². The molecule has 1 aliphatic rings. The van der Waals surface area contributed by atoms with Crippen molar-refractivity contribution in [2.24, 2.45) is 0 Å². The molecule has 0 spiro atoms. The molecule has 2 aromatic heterocycles. The Hall–Kier alpha value is -1.94. The number of anilines is 1. The third kappa shape index (κ3) is 2.19. The van der Waals surface area contributed by atoms with E-state index in [-0.39, 0.29) is 0 Å². The molecular formula is C12H14N6S. The number of nitrogens with zero attached hydrogens (tertiary/aromatic N) is 6. The molecule has 1 unspecified atom stereocenters. The predicted molar refractivity (Wildman–Crippen MR) is 72.1 cm³/mol. The predicted octanol–water partition coefficient (Wildman–Crippen LogP) is 1.76. The van der Waals surface area contributed by atoms with Crippen LogP contribution in [0.3, 0.4) is 0 Å². The van der Waals surface area contributed by atoms with Crippen LogP contribution in [-0.2, 0) is 0 Å². The summed E-state index contributed by atoms with van der Waals surface area (Å²) >= 11 is 1.41. The van der Waals surface area contributed by atoms with Crippen LogP contribution >= 0.6 is 11.5 Å². The average Bonchev–Trinajstić information content (AvgIpc) is 3.08. The van der Waals surface area contributed by atoms with E-state index in [1.807, 2.05) is 17.8 Å². The van der Waals surface area contributed by atoms with E-state index in [1.54, 1.807) is 6.20 Å². The lowest BCUT2D eigenvalue weighted by Crippen LogP contribution is -2.36. The van der Waals surface area contributed by atoms with Crippen LogP contribution in [0.1, 0.15) is 30.1 Å². The first-order valence-electron chi connectivity index (χ1n) is 6.26. The van der Waals surface area contributed by atoms with Crippen molar-refractivity contribution in [2.75, 3.05) is 18.0 Å². The second kappa shape index (κ2) is 4.97. The number of aryl methyl sites for hydroxylation is 1. The lowest BCUT2D eigenvalue weighted by molar-refractivity contribution is 0.370. The molecule has 3 heterocycles. The quantitative estimate of drug-likeness (QED) is 0.834. The van der Waals surface area contributed by atoms with Gasteiger partial charge in [0.15, 0.2) is 0 Å². The molecule has 6 nitrogen and oxygen atoms in total. The normalized spacial score (nSPS) is 19.4. The summed E-state index contributed by atoms with van der Waals surface area (Å²) in [6.45, 7) is 3.72. The molecule has 98 valence electrons. The Morgan fingerprint density at radius 1 is 1.53 bits per heavy atom. The molecule has 0 bridgehead atoms. The second-order valence-electron chi connectivity index (χ2n) is 4.69. The third-order valence-corrected chi connectivity index (χ3v) is 4.46. The Bertz CT molecular complexity index is 596. The number of nitriles is 1. The first-order valence-corrected chi connectivity index (χ1v) is 7.04. The summed E-state index contributed by atoms with van der Waals surface area (Å²) in [7, 11) is 0. The highest BCUT2D eigenvalue weighted by atomic mass is 32.1. The van der Waals surface area contributed by atoms with Crippen molar-refractivity contribution in [2.45, 2.75) is 25.8 Å². The maximum absolute atomic E-state index is 9.23. The number of rotatable bonds is 2. The standard InChI is InChI=1S/C12H14N6S/c1-9-11(7-13)12(19-15-9)17-5-2-3-10(8-17)18-6-4-14-16-18/h4,6,10H,2-3,5,8H2,1H3. The van der Waals surface area contributed by atoms with Gasteiger partial charge in [-0.15, -0.1) is 5.10 Å². The molecule has 0 N–H and O–H groups in total. The van der Waals surface area contributed by atoms with E-state index in [2.05, 4.69) is 25.7 Å². The summed E-state index contributed by atoms with van der Waals surface area (Å²) in [6.07, 6.45) is 5.79. The maximum atomic E-state index is 9.23. The van der Waals surface area contributed by atoms with Gasteiger partial charge < -0.3 is 4.90 Å². The number of hydrogen-bond donors (Lipinski definition) is 0. The largest absolute Gasteiger partial charge is 0.359 e. The first-order chi connectivity index (χ1) is 9.29. The number of aromatic nitrogens is 4. The molecule has 0 radical (unpaired) electrons. The SMILES string of the molecule is Cc1nsc(N2CCCC(n3ccnn3)C2)c1C#N. The van der Waals surface area contributed by atoms with Crippen LogP contribution in [0.4, 0.5) is 5.00 Å². The Morgan fingerprint density at radius 3 is 3.16 bits per heavy atom. The molecular weight excluding hydrogens is 260 g/mol. The van der Waals surface area contributed by atoms with Gasteiger partial charge in [0, 0.05) is 19.3 Å². The van der Waals surface area contributed by atoms with Gasteiger partial charge in [-0.25, -0.2) is 4.68 Å². The topological polar surface area (TPSA) is 70.6 Å². The molecule has 1 fully saturated rings. The fourth-order valence-corrected chi connectivity index (χ4v) is 3.35. The van der Waals surface area contributed by atoms with Crippen LogP contribution < -0.4 is 4.90 Å². The molecule has 3 rings (SSSR count). The zero-order valence-corrected chi connectivity index (χ0v) is 11.5. The summed E-state index contributed by atoms with van der Waals surface area (Å²) in [4.78, 5) is 2.25. The summed E-state index contributed by atoms with van der Waals surface area (Å²) in [5.74, 6) is 0.